The number of phenolic OH excluding ortho intramolecular Hbond substituents is 1. The first-order chi connectivity index (χ1) is 8.11. The van der Waals surface area contributed by atoms with E-state index < -0.39 is 0 Å². The number of hydrogen-bond donors (Lipinski definition) is 1. The number of benzene rings is 1. The van der Waals surface area contributed by atoms with Gasteiger partial charge in [-0.05, 0) is 40.8 Å². The van der Waals surface area contributed by atoms with E-state index in [0.717, 1.165) is 3.57 Å². The maximum absolute atomic E-state index is 9.66. The molecule has 0 radical (unpaired) electrons. The molecule has 0 atom stereocenters. The van der Waals surface area contributed by atoms with Crippen molar-refractivity contribution < 1.29 is 9.84 Å². The predicted octanol–water partition coefficient (Wildman–Crippen LogP) is 3.12. The Kier molecular flexibility index (Phi) is 3.68. The highest BCUT2D eigenvalue weighted by molar-refractivity contribution is 14.1. The van der Waals surface area contributed by atoms with Gasteiger partial charge in [0.25, 0.3) is 0 Å². The van der Waals surface area contributed by atoms with E-state index in [1.54, 1.807) is 18.3 Å². The summed E-state index contributed by atoms with van der Waals surface area (Å²) >= 11 is 7.97. The first kappa shape index (κ1) is 12.4. The fourth-order valence-electron chi connectivity index (χ4n) is 1.31. The molecule has 17 heavy (non-hydrogen) atoms. The molecule has 1 aromatic heterocycles. The van der Waals surface area contributed by atoms with Crippen LogP contribution in [0.25, 0.3) is 11.4 Å². The Morgan fingerprint density at radius 3 is 2.76 bits per heavy atom. The van der Waals surface area contributed by atoms with Gasteiger partial charge in [-0.25, -0.2) is 9.97 Å². The summed E-state index contributed by atoms with van der Waals surface area (Å²) in [6.45, 7) is 0. The van der Waals surface area contributed by atoms with E-state index in [1.165, 1.54) is 13.2 Å². The molecular formula is C11H8ClIN2O2. The highest BCUT2D eigenvalue weighted by Gasteiger charge is 2.08. The maximum atomic E-state index is 9.66. The molecule has 1 N–H and O–H groups in total. The van der Waals surface area contributed by atoms with Crippen LogP contribution in [0.4, 0.5) is 0 Å². The Morgan fingerprint density at radius 1 is 1.41 bits per heavy atom. The minimum Gasteiger partial charge on any atom is -0.504 e. The molecule has 0 fully saturated rings. The first-order valence-corrected chi connectivity index (χ1v) is 6.13. The van der Waals surface area contributed by atoms with Crippen molar-refractivity contribution in [1.82, 2.24) is 9.97 Å². The highest BCUT2D eigenvalue weighted by atomic mass is 127. The second-order valence-electron chi connectivity index (χ2n) is 3.22. The fourth-order valence-corrected chi connectivity index (χ4v) is 1.70. The number of methoxy groups -OCH3 is 1. The van der Waals surface area contributed by atoms with Gasteiger partial charge in [0.1, 0.15) is 5.15 Å². The lowest BCUT2D eigenvalue weighted by Crippen LogP contribution is -1.92. The van der Waals surface area contributed by atoms with E-state index in [-0.39, 0.29) is 5.75 Å². The normalized spacial score (nSPS) is 10.3. The summed E-state index contributed by atoms with van der Waals surface area (Å²) in [6, 6.07) is 4.95. The number of aromatic hydroxyl groups is 1. The Morgan fingerprint density at radius 2 is 2.18 bits per heavy atom. The van der Waals surface area contributed by atoms with Gasteiger partial charge < -0.3 is 9.84 Å². The molecule has 0 aliphatic rings. The highest BCUT2D eigenvalue weighted by Crippen LogP contribution is 2.30. The van der Waals surface area contributed by atoms with Gasteiger partial charge in [-0.3, -0.25) is 0 Å². The van der Waals surface area contributed by atoms with Crippen LogP contribution in [0, 0.1) is 3.57 Å². The van der Waals surface area contributed by atoms with Gasteiger partial charge in [0.15, 0.2) is 17.3 Å². The van der Waals surface area contributed by atoms with Crippen LogP contribution in [-0.2, 0) is 0 Å². The SMILES string of the molecule is COc1ccc(-c2ncc(I)c(Cl)n2)cc1O. The Hall–Kier alpha value is -1.08. The molecule has 0 saturated carbocycles. The van der Waals surface area contributed by atoms with Crippen LogP contribution in [0.5, 0.6) is 11.5 Å². The smallest absolute Gasteiger partial charge is 0.161 e. The average molecular weight is 363 g/mol. The van der Waals surface area contributed by atoms with Gasteiger partial charge in [-0.2, -0.15) is 0 Å². The zero-order valence-electron chi connectivity index (χ0n) is 8.82. The zero-order valence-corrected chi connectivity index (χ0v) is 11.7. The summed E-state index contributed by atoms with van der Waals surface area (Å²) in [6.07, 6.45) is 1.63. The Balaban J connectivity index is 2.46. The van der Waals surface area contributed by atoms with Gasteiger partial charge in [0.2, 0.25) is 0 Å². The summed E-state index contributed by atoms with van der Waals surface area (Å²) in [4.78, 5) is 8.29. The average Bonchev–Trinajstić information content (AvgIpc) is 2.32. The monoisotopic (exact) mass is 362 g/mol. The van der Waals surface area contributed by atoms with Crippen LogP contribution in [0.15, 0.2) is 24.4 Å². The molecule has 0 aliphatic heterocycles. The van der Waals surface area contributed by atoms with E-state index in [1.807, 2.05) is 0 Å². The van der Waals surface area contributed by atoms with Crippen LogP contribution in [0.3, 0.4) is 0 Å². The quantitative estimate of drug-likeness (QED) is 0.659. The Bertz CT molecular complexity index is 563. The van der Waals surface area contributed by atoms with Crippen LogP contribution in [0.1, 0.15) is 0 Å². The van der Waals surface area contributed by atoms with Gasteiger partial charge in [-0.1, -0.05) is 11.6 Å². The zero-order chi connectivity index (χ0) is 12.4. The molecule has 0 amide bonds. The third-order valence-electron chi connectivity index (χ3n) is 2.14. The molecule has 2 aromatic rings. The molecule has 0 aliphatic carbocycles. The van der Waals surface area contributed by atoms with Gasteiger partial charge in [-0.15, -0.1) is 0 Å². The first-order valence-electron chi connectivity index (χ1n) is 4.67. The number of hydrogen-bond acceptors (Lipinski definition) is 4. The largest absolute Gasteiger partial charge is 0.504 e. The second-order valence-corrected chi connectivity index (χ2v) is 4.74. The van der Waals surface area contributed by atoms with E-state index in [2.05, 4.69) is 32.6 Å². The number of ether oxygens (including phenoxy) is 1. The molecule has 0 saturated heterocycles. The van der Waals surface area contributed by atoms with Crippen molar-refractivity contribution in [3.8, 4) is 22.9 Å². The molecule has 0 unspecified atom stereocenters. The fraction of sp³-hybridized carbons (Fsp3) is 0.0909. The number of nitrogens with zero attached hydrogens (tertiary/aromatic N) is 2. The topological polar surface area (TPSA) is 55.2 Å². The van der Waals surface area contributed by atoms with Gasteiger partial charge in [0.05, 0.1) is 10.7 Å². The molecule has 1 aromatic carbocycles. The van der Waals surface area contributed by atoms with Crippen molar-refractivity contribution in [3.63, 3.8) is 0 Å². The van der Waals surface area contributed by atoms with Crippen LogP contribution in [-0.4, -0.2) is 22.2 Å². The van der Waals surface area contributed by atoms with E-state index >= 15 is 0 Å². The molecule has 0 spiro atoms. The lowest BCUT2D eigenvalue weighted by molar-refractivity contribution is 0.373. The second kappa shape index (κ2) is 5.05. The summed E-state index contributed by atoms with van der Waals surface area (Å²) < 4.78 is 5.74. The lowest BCUT2D eigenvalue weighted by atomic mass is 10.2. The Labute approximate surface area is 117 Å². The van der Waals surface area contributed by atoms with Crippen LogP contribution in [0.2, 0.25) is 5.15 Å². The number of halogens is 2. The molecule has 0 bridgehead atoms. The molecule has 1 heterocycles. The number of rotatable bonds is 2. The van der Waals surface area contributed by atoms with Crippen molar-refractivity contribution in [2.45, 2.75) is 0 Å². The molecular weight excluding hydrogens is 354 g/mol. The van der Waals surface area contributed by atoms with Gasteiger partial charge >= 0.3 is 0 Å². The predicted molar refractivity (Wildman–Crippen MR) is 73.4 cm³/mol. The van der Waals surface area contributed by atoms with Crippen LogP contribution >= 0.6 is 34.2 Å². The van der Waals surface area contributed by atoms with Crippen molar-refractivity contribution in [2.24, 2.45) is 0 Å². The number of phenols is 1. The summed E-state index contributed by atoms with van der Waals surface area (Å²) in [5.41, 5.74) is 0.682. The summed E-state index contributed by atoms with van der Waals surface area (Å²) in [5, 5.41) is 10.1. The number of aromatic nitrogens is 2. The third kappa shape index (κ3) is 2.61. The molecule has 6 heteroatoms. The molecule has 4 nitrogen and oxygen atoms in total. The van der Waals surface area contributed by atoms with Gasteiger partial charge in [0, 0.05) is 11.8 Å². The molecule has 88 valence electrons. The van der Waals surface area contributed by atoms with Crippen molar-refractivity contribution in [1.29, 1.82) is 0 Å². The lowest BCUT2D eigenvalue weighted by Gasteiger charge is -2.05. The molecule has 2 rings (SSSR count). The van der Waals surface area contributed by atoms with Crippen molar-refractivity contribution in [2.75, 3.05) is 7.11 Å². The van der Waals surface area contributed by atoms with Crippen molar-refractivity contribution >= 4 is 34.2 Å². The van der Waals surface area contributed by atoms with Crippen molar-refractivity contribution in [3.05, 3.63) is 33.1 Å². The third-order valence-corrected chi connectivity index (χ3v) is 3.53. The van der Waals surface area contributed by atoms with Crippen LogP contribution < -0.4 is 4.74 Å². The minimum absolute atomic E-state index is 0.0447. The summed E-state index contributed by atoms with van der Waals surface area (Å²) in [7, 11) is 1.49. The standard InChI is InChI=1S/C11H8ClIN2O2/c1-17-9-3-2-6(4-8(9)16)11-14-5-7(13)10(12)15-11/h2-5,16H,1H3. The van der Waals surface area contributed by atoms with E-state index in [9.17, 15) is 5.11 Å². The van der Waals surface area contributed by atoms with E-state index in [0.29, 0.717) is 22.3 Å². The van der Waals surface area contributed by atoms with E-state index in [4.69, 9.17) is 16.3 Å². The maximum Gasteiger partial charge on any atom is 0.161 e. The summed E-state index contributed by atoms with van der Waals surface area (Å²) in [5.74, 6) is 0.919. The minimum atomic E-state index is 0.0447.